The molecule has 0 saturated carbocycles. The number of hydrogen-bond donors (Lipinski definition) is 4. The van der Waals surface area contributed by atoms with E-state index < -0.39 is 52.9 Å². The monoisotopic (exact) mass is 607 g/mol. The molecule has 4 heterocycles. The van der Waals surface area contributed by atoms with E-state index in [1.54, 1.807) is 24.3 Å². The van der Waals surface area contributed by atoms with Crippen molar-refractivity contribution in [2.24, 2.45) is 0 Å². The van der Waals surface area contributed by atoms with Gasteiger partial charge in [-0.3, -0.25) is 14.3 Å². The molecule has 3 aliphatic heterocycles. The number of ether oxygens (including phenoxy) is 2. The van der Waals surface area contributed by atoms with Crippen molar-refractivity contribution < 1.29 is 40.7 Å². The van der Waals surface area contributed by atoms with Crippen molar-refractivity contribution in [2.75, 3.05) is 36.1 Å². The summed E-state index contributed by atoms with van der Waals surface area (Å²) in [6.07, 6.45) is -1.83. The minimum atomic E-state index is -4.61. The van der Waals surface area contributed by atoms with Gasteiger partial charge < -0.3 is 25.4 Å². The fourth-order valence-electron chi connectivity index (χ4n) is 3.34. The number of anilines is 3. The standard InChI is InChI=1S/C25H24F3N7O6S/c26-25(27,28)15-41-24-33-22-30-13-16-3-9-19(10-4-16)40-11-1-2-12-42(38,39)35-20(36)14-29-21(37)17-5-7-18(8-6-17)31-23(32-22)34-24/h1-10H,11-15H2,(H,29,37)(H,35,36)(H2,30,31,32,33,34)/b2-1+. The van der Waals surface area contributed by atoms with Crippen molar-refractivity contribution in [3.8, 4) is 11.8 Å². The van der Waals surface area contributed by atoms with E-state index in [0.717, 1.165) is 5.56 Å². The van der Waals surface area contributed by atoms with Crippen LogP contribution in [-0.2, 0) is 21.4 Å². The predicted molar refractivity (Wildman–Crippen MR) is 144 cm³/mol. The third-order valence-corrected chi connectivity index (χ3v) is 6.43. The Hall–Kier alpha value is -4.93. The molecule has 2 aromatic carbocycles. The highest BCUT2D eigenvalue weighted by atomic mass is 32.2. The van der Waals surface area contributed by atoms with Crippen LogP contribution >= 0.6 is 0 Å². The van der Waals surface area contributed by atoms with E-state index in [2.05, 4.69) is 30.9 Å². The molecule has 6 rings (SSSR count). The first-order valence-electron chi connectivity index (χ1n) is 12.2. The third-order valence-electron chi connectivity index (χ3n) is 5.26. The first kappa shape index (κ1) is 30.0. The molecule has 3 aromatic rings. The van der Waals surface area contributed by atoms with Crippen LogP contribution in [0.15, 0.2) is 60.7 Å². The topological polar surface area (TPSA) is 174 Å². The van der Waals surface area contributed by atoms with Crippen LogP contribution in [0.4, 0.5) is 30.8 Å². The molecule has 0 spiro atoms. The van der Waals surface area contributed by atoms with Crippen molar-refractivity contribution in [2.45, 2.75) is 12.7 Å². The van der Waals surface area contributed by atoms with Crippen LogP contribution in [0.25, 0.3) is 0 Å². The van der Waals surface area contributed by atoms with E-state index in [1.165, 1.54) is 36.4 Å². The highest BCUT2D eigenvalue weighted by Crippen LogP contribution is 2.21. The SMILES string of the molecule is O=C1CNC(=O)c2ccc(cc2)Nc2nc(nc(OCC(F)(F)F)n2)NCc2ccc(cc2)OC/C=C/CS(=O)(=O)N1. The normalized spacial score (nSPS) is 16.8. The van der Waals surface area contributed by atoms with Gasteiger partial charge in [0.15, 0.2) is 6.61 Å². The van der Waals surface area contributed by atoms with Crippen molar-refractivity contribution in [1.29, 1.82) is 0 Å². The zero-order valence-electron chi connectivity index (χ0n) is 21.6. The highest BCUT2D eigenvalue weighted by Gasteiger charge is 2.29. The molecule has 222 valence electrons. The molecule has 13 nitrogen and oxygen atoms in total. The number of nitrogens with zero attached hydrogens (tertiary/aromatic N) is 3. The number of nitrogens with one attached hydrogen (secondary N) is 4. The molecule has 0 unspecified atom stereocenters. The maximum atomic E-state index is 12.7. The second kappa shape index (κ2) is 13.2. The summed E-state index contributed by atoms with van der Waals surface area (Å²) in [4.78, 5) is 36.4. The van der Waals surface area contributed by atoms with Crippen molar-refractivity contribution >= 4 is 39.4 Å². The number of carbonyl (C=O) groups is 2. The molecular weight excluding hydrogens is 583 g/mol. The molecule has 0 aliphatic carbocycles. The van der Waals surface area contributed by atoms with Gasteiger partial charge in [0.2, 0.25) is 21.9 Å². The van der Waals surface area contributed by atoms with E-state index in [0.29, 0.717) is 11.4 Å². The number of halogens is 3. The minimum absolute atomic E-state index is 0.0527. The number of sulfonamides is 1. The molecule has 0 fully saturated rings. The lowest BCUT2D eigenvalue weighted by atomic mass is 10.2. The Balaban J connectivity index is 1.58. The molecule has 0 saturated heterocycles. The number of alkyl halides is 3. The van der Waals surface area contributed by atoms with E-state index in [4.69, 9.17) is 9.47 Å². The third kappa shape index (κ3) is 9.61. The molecule has 2 amide bonds. The zero-order valence-corrected chi connectivity index (χ0v) is 22.5. The summed E-state index contributed by atoms with van der Waals surface area (Å²) in [5.41, 5.74) is 1.26. The molecule has 6 bridgehead atoms. The van der Waals surface area contributed by atoms with Gasteiger partial charge >= 0.3 is 12.2 Å². The van der Waals surface area contributed by atoms with Crippen molar-refractivity contribution in [3.63, 3.8) is 0 Å². The Kier molecular flexibility index (Phi) is 9.41. The van der Waals surface area contributed by atoms with Crippen LogP contribution in [0.1, 0.15) is 15.9 Å². The lowest BCUT2D eigenvalue weighted by Crippen LogP contribution is -2.40. The van der Waals surface area contributed by atoms with Gasteiger partial charge in [-0.25, -0.2) is 8.42 Å². The highest BCUT2D eigenvalue weighted by molar-refractivity contribution is 7.90. The van der Waals surface area contributed by atoms with E-state index >= 15 is 0 Å². The fourth-order valence-corrected chi connectivity index (χ4v) is 4.23. The molecule has 0 radical (unpaired) electrons. The van der Waals surface area contributed by atoms with Crippen molar-refractivity contribution in [3.05, 3.63) is 71.8 Å². The van der Waals surface area contributed by atoms with Gasteiger partial charge in [-0.05, 0) is 42.0 Å². The van der Waals surface area contributed by atoms with Gasteiger partial charge in [-0.2, -0.15) is 28.1 Å². The Labute approximate surface area is 237 Å². The average Bonchev–Trinajstić information content (AvgIpc) is 2.93. The molecule has 1 aromatic heterocycles. The quantitative estimate of drug-likeness (QED) is 0.315. The lowest BCUT2D eigenvalue weighted by Gasteiger charge is -2.12. The molecule has 3 aliphatic rings. The molecule has 17 heteroatoms. The fraction of sp³-hybridized carbons (Fsp3) is 0.240. The lowest BCUT2D eigenvalue weighted by molar-refractivity contribution is -0.154. The number of aromatic nitrogens is 3. The van der Waals surface area contributed by atoms with Crippen LogP contribution in [0.5, 0.6) is 11.8 Å². The minimum Gasteiger partial charge on any atom is -0.490 e. The smallest absolute Gasteiger partial charge is 0.422 e. The Morgan fingerprint density at radius 1 is 0.881 bits per heavy atom. The van der Waals surface area contributed by atoms with Gasteiger partial charge in [-0.1, -0.05) is 24.3 Å². The van der Waals surface area contributed by atoms with Gasteiger partial charge in [-0.15, -0.1) is 0 Å². The molecule has 0 atom stereocenters. The number of carbonyl (C=O) groups excluding carboxylic acids is 2. The maximum Gasteiger partial charge on any atom is 0.422 e. The van der Waals surface area contributed by atoms with E-state index in [-0.39, 0.29) is 30.6 Å². The van der Waals surface area contributed by atoms with Gasteiger partial charge in [0, 0.05) is 17.8 Å². The van der Waals surface area contributed by atoms with Crippen LogP contribution in [-0.4, -0.2) is 66.9 Å². The number of rotatable bonds is 2. The molecular formula is C25H24F3N7O6S. The number of amides is 2. The van der Waals surface area contributed by atoms with Gasteiger partial charge in [0.05, 0.1) is 12.3 Å². The summed E-state index contributed by atoms with van der Waals surface area (Å²) in [7, 11) is -3.98. The van der Waals surface area contributed by atoms with Crippen LogP contribution in [0.3, 0.4) is 0 Å². The summed E-state index contributed by atoms with van der Waals surface area (Å²) in [6.45, 7) is -1.96. The van der Waals surface area contributed by atoms with Gasteiger partial charge in [0.25, 0.3) is 11.8 Å². The number of fused-ring (bicyclic) bond motifs is 2. The first-order valence-corrected chi connectivity index (χ1v) is 13.8. The summed E-state index contributed by atoms with van der Waals surface area (Å²) in [5.74, 6) is -1.78. The van der Waals surface area contributed by atoms with E-state index in [9.17, 15) is 31.2 Å². The predicted octanol–water partition coefficient (Wildman–Crippen LogP) is 2.29. The average molecular weight is 608 g/mol. The largest absolute Gasteiger partial charge is 0.490 e. The van der Waals surface area contributed by atoms with Crippen molar-refractivity contribution in [1.82, 2.24) is 25.0 Å². The Morgan fingerprint density at radius 2 is 1.60 bits per heavy atom. The second-order valence-corrected chi connectivity index (χ2v) is 10.4. The first-order chi connectivity index (χ1) is 19.9. The summed E-state index contributed by atoms with van der Waals surface area (Å²) in [6, 6.07) is 11.9. The van der Waals surface area contributed by atoms with Crippen LogP contribution in [0.2, 0.25) is 0 Å². The van der Waals surface area contributed by atoms with E-state index in [1.807, 2.05) is 4.72 Å². The number of benzene rings is 2. The van der Waals surface area contributed by atoms with Crippen LogP contribution in [0, 0.1) is 0 Å². The number of hydrogen-bond acceptors (Lipinski definition) is 11. The zero-order chi connectivity index (χ0) is 30.2. The summed E-state index contributed by atoms with van der Waals surface area (Å²) < 4.78 is 74.6. The summed E-state index contributed by atoms with van der Waals surface area (Å²) in [5, 5.41) is 8.03. The molecule has 42 heavy (non-hydrogen) atoms. The Morgan fingerprint density at radius 3 is 2.31 bits per heavy atom. The maximum absolute atomic E-state index is 12.7. The summed E-state index contributed by atoms with van der Waals surface area (Å²) >= 11 is 0. The van der Waals surface area contributed by atoms with Crippen LogP contribution < -0.4 is 30.1 Å². The van der Waals surface area contributed by atoms with Gasteiger partial charge in [0.1, 0.15) is 12.4 Å². The molecule has 4 N–H and O–H groups in total. The Bertz CT molecular complexity index is 1550. The second-order valence-electron chi connectivity index (χ2n) is 8.64.